The third-order valence-corrected chi connectivity index (χ3v) is 9.44. The number of aryl methyl sites for hydroxylation is 1. The molecule has 3 fully saturated rings. The number of nitrogens with zero attached hydrogens (tertiary/aromatic N) is 8. The van der Waals surface area contributed by atoms with Gasteiger partial charge in [-0.25, -0.2) is 14.4 Å². The number of aliphatic hydroxyl groups is 1. The van der Waals surface area contributed by atoms with Gasteiger partial charge in [-0.1, -0.05) is 18.3 Å². The Kier molecular flexibility index (Phi) is 7.08. The summed E-state index contributed by atoms with van der Waals surface area (Å²) in [6.45, 7) is 8.23. The lowest BCUT2D eigenvalue weighted by atomic mass is 10.1. The lowest BCUT2D eigenvalue weighted by Crippen LogP contribution is -2.53. The smallest absolute Gasteiger partial charge is 0.192 e. The number of thiazole rings is 1. The highest BCUT2D eigenvalue weighted by Gasteiger charge is 2.48. The Balaban J connectivity index is 1.09. The first-order valence-electron chi connectivity index (χ1n) is 14.4. The molecule has 4 aromatic rings. The molecule has 1 N–H and O–H groups in total. The monoisotopic (exact) mass is 588 g/mol. The van der Waals surface area contributed by atoms with Crippen LogP contribution >= 0.6 is 11.3 Å². The summed E-state index contributed by atoms with van der Waals surface area (Å²) in [6.07, 6.45) is 3.12. The van der Waals surface area contributed by atoms with Crippen molar-refractivity contribution in [3.8, 4) is 17.3 Å². The Labute approximate surface area is 247 Å². The van der Waals surface area contributed by atoms with Gasteiger partial charge in [0.1, 0.15) is 46.3 Å². The normalized spacial score (nSPS) is 21.5. The molecule has 2 unspecified atom stereocenters. The predicted molar refractivity (Wildman–Crippen MR) is 160 cm³/mol. The fourth-order valence-electron chi connectivity index (χ4n) is 6.00. The Hall–Kier alpha value is -3.60. The molecule has 0 radical (unpaired) electrons. The number of piperazine rings is 1. The van der Waals surface area contributed by atoms with E-state index >= 15 is 0 Å². The minimum absolute atomic E-state index is 0.173. The van der Waals surface area contributed by atoms with E-state index in [1.54, 1.807) is 12.1 Å². The standard InChI is InChI=1S/C30H33FN8O2S/c1-3-23-28(35(2)30-34-27(25(14-32)42-30)19-4-6-20(31)7-5-19)39-15-21(8-9-26(39)33-23)37-12-10-36(11-13-37)18-24-29(41-24)38-16-22(40)17-38/h4-9,15,22,24,29,40H,3,10-13,16-18H2,1-2H3. The van der Waals surface area contributed by atoms with Crippen molar-refractivity contribution in [2.75, 3.05) is 62.7 Å². The molecule has 1 aromatic carbocycles. The molecule has 10 nitrogen and oxygen atoms in total. The molecule has 42 heavy (non-hydrogen) atoms. The molecule has 6 heterocycles. The number of anilines is 3. The van der Waals surface area contributed by atoms with E-state index in [9.17, 15) is 14.8 Å². The number of hydrogen-bond donors (Lipinski definition) is 1. The van der Waals surface area contributed by atoms with Crippen LogP contribution in [0.3, 0.4) is 0 Å². The van der Waals surface area contributed by atoms with Gasteiger partial charge in [0.2, 0.25) is 0 Å². The van der Waals surface area contributed by atoms with Crippen LogP contribution in [-0.4, -0.2) is 101 Å². The summed E-state index contributed by atoms with van der Waals surface area (Å²) in [7, 11) is 1.95. The number of nitriles is 1. The van der Waals surface area contributed by atoms with Gasteiger partial charge in [-0.2, -0.15) is 5.26 Å². The number of rotatable bonds is 8. The molecule has 3 aliphatic rings. The first-order valence-corrected chi connectivity index (χ1v) is 15.2. The number of likely N-dealkylation sites (tertiary alicyclic amines) is 1. The fourth-order valence-corrected chi connectivity index (χ4v) is 6.85. The van der Waals surface area contributed by atoms with Crippen LogP contribution in [0.4, 0.5) is 21.0 Å². The molecule has 218 valence electrons. The molecule has 0 aliphatic carbocycles. The molecule has 0 amide bonds. The first-order chi connectivity index (χ1) is 20.4. The molecule has 2 atom stereocenters. The summed E-state index contributed by atoms with van der Waals surface area (Å²) in [5.74, 6) is 0.597. The number of aliphatic hydroxyl groups excluding tert-OH is 1. The highest BCUT2D eigenvalue weighted by Crippen LogP contribution is 2.37. The zero-order valence-electron chi connectivity index (χ0n) is 23.6. The number of benzene rings is 1. The van der Waals surface area contributed by atoms with Crippen LogP contribution in [0.5, 0.6) is 0 Å². The van der Waals surface area contributed by atoms with Gasteiger partial charge in [0, 0.05) is 64.6 Å². The summed E-state index contributed by atoms with van der Waals surface area (Å²) in [6, 6.07) is 12.5. The van der Waals surface area contributed by atoms with Gasteiger partial charge >= 0.3 is 0 Å². The molecule has 3 aliphatic heterocycles. The molecular weight excluding hydrogens is 555 g/mol. The Morgan fingerprint density at radius 3 is 2.57 bits per heavy atom. The SMILES string of the molecule is CCc1nc2ccc(N3CCN(CC4OC4N4CC(O)C4)CC3)cn2c1N(C)c1nc(-c2ccc(F)cc2)c(C#N)s1. The molecule has 3 aromatic heterocycles. The van der Waals surface area contributed by atoms with Crippen molar-refractivity contribution in [2.24, 2.45) is 0 Å². The van der Waals surface area contributed by atoms with Crippen LogP contribution in [0.15, 0.2) is 42.6 Å². The van der Waals surface area contributed by atoms with Crippen molar-refractivity contribution in [1.82, 2.24) is 24.2 Å². The van der Waals surface area contributed by atoms with Gasteiger partial charge in [0.05, 0.1) is 17.5 Å². The molecule has 0 saturated carbocycles. The average Bonchev–Trinajstić information content (AvgIpc) is 3.43. The summed E-state index contributed by atoms with van der Waals surface area (Å²) in [4.78, 5) is 19.3. The summed E-state index contributed by atoms with van der Waals surface area (Å²) in [5, 5.41) is 20.1. The quantitative estimate of drug-likeness (QED) is 0.311. The van der Waals surface area contributed by atoms with Crippen LogP contribution in [0.25, 0.3) is 16.9 Å². The Morgan fingerprint density at radius 2 is 1.88 bits per heavy atom. The summed E-state index contributed by atoms with van der Waals surface area (Å²) >= 11 is 1.32. The van der Waals surface area contributed by atoms with E-state index in [0.29, 0.717) is 21.3 Å². The number of ether oxygens (including phenoxy) is 1. The number of fused-ring (bicyclic) bond motifs is 1. The maximum atomic E-state index is 13.5. The predicted octanol–water partition coefficient (Wildman–Crippen LogP) is 3.32. The third kappa shape index (κ3) is 5.01. The van der Waals surface area contributed by atoms with Gasteiger partial charge in [0.15, 0.2) is 5.13 Å². The molecule has 3 saturated heterocycles. The van der Waals surface area contributed by atoms with E-state index in [2.05, 4.69) is 50.4 Å². The number of hydrogen-bond acceptors (Lipinski definition) is 10. The van der Waals surface area contributed by atoms with E-state index in [4.69, 9.17) is 14.7 Å². The van der Waals surface area contributed by atoms with Gasteiger partial charge in [-0.3, -0.25) is 14.2 Å². The minimum atomic E-state index is -0.324. The van der Waals surface area contributed by atoms with Crippen molar-refractivity contribution in [1.29, 1.82) is 5.26 Å². The van der Waals surface area contributed by atoms with Gasteiger partial charge < -0.3 is 19.6 Å². The van der Waals surface area contributed by atoms with E-state index in [0.717, 1.165) is 75.1 Å². The highest BCUT2D eigenvalue weighted by atomic mass is 32.1. The second-order valence-electron chi connectivity index (χ2n) is 11.2. The Morgan fingerprint density at radius 1 is 1.12 bits per heavy atom. The lowest BCUT2D eigenvalue weighted by Gasteiger charge is -2.36. The Bertz CT molecular complexity index is 1640. The highest BCUT2D eigenvalue weighted by molar-refractivity contribution is 7.16. The van der Waals surface area contributed by atoms with Gasteiger partial charge in [-0.15, -0.1) is 0 Å². The molecule has 12 heteroatoms. The number of halogens is 1. The summed E-state index contributed by atoms with van der Waals surface area (Å²) in [5.41, 5.74) is 4.21. The average molecular weight is 589 g/mol. The van der Waals surface area contributed by atoms with Crippen molar-refractivity contribution in [2.45, 2.75) is 31.8 Å². The minimum Gasteiger partial charge on any atom is -0.390 e. The lowest BCUT2D eigenvalue weighted by molar-refractivity contribution is -0.0243. The van der Waals surface area contributed by atoms with E-state index in [1.165, 1.54) is 23.5 Å². The molecule has 0 bridgehead atoms. The van der Waals surface area contributed by atoms with Crippen LogP contribution in [0.1, 0.15) is 17.5 Å². The van der Waals surface area contributed by atoms with Gasteiger partial charge in [-0.05, 0) is 42.8 Å². The zero-order chi connectivity index (χ0) is 29.0. The van der Waals surface area contributed by atoms with Crippen molar-refractivity contribution < 1.29 is 14.2 Å². The van der Waals surface area contributed by atoms with E-state index in [1.807, 2.05) is 11.9 Å². The maximum absolute atomic E-state index is 13.5. The number of imidazole rings is 1. The molecular formula is C30H33FN8O2S. The van der Waals surface area contributed by atoms with E-state index in [-0.39, 0.29) is 24.3 Å². The first kappa shape index (κ1) is 27.2. The topological polar surface area (TPSA) is 99.7 Å². The van der Waals surface area contributed by atoms with Gasteiger partial charge in [0.25, 0.3) is 0 Å². The second-order valence-corrected chi connectivity index (χ2v) is 12.1. The number of β-amino-alcohol motifs (C(OH)–C–C–N with tert-alkyl or cyclic N) is 1. The largest absolute Gasteiger partial charge is 0.390 e. The number of epoxide rings is 1. The van der Waals surface area contributed by atoms with E-state index < -0.39 is 0 Å². The van der Waals surface area contributed by atoms with Crippen LogP contribution < -0.4 is 9.80 Å². The molecule has 0 spiro atoms. The van der Waals surface area contributed by atoms with Crippen molar-refractivity contribution >= 4 is 33.6 Å². The fraction of sp³-hybridized carbons (Fsp3) is 0.433. The van der Waals surface area contributed by atoms with Crippen molar-refractivity contribution in [3.63, 3.8) is 0 Å². The summed E-state index contributed by atoms with van der Waals surface area (Å²) < 4.78 is 21.5. The number of aromatic nitrogens is 3. The van der Waals surface area contributed by atoms with Crippen LogP contribution in [0.2, 0.25) is 0 Å². The zero-order valence-corrected chi connectivity index (χ0v) is 24.5. The van der Waals surface area contributed by atoms with Crippen molar-refractivity contribution in [3.05, 3.63) is 59.0 Å². The van der Waals surface area contributed by atoms with Crippen LogP contribution in [-0.2, 0) is 11.2 Å². The van der Waals surface area contributed by atoms with Crippen LogP contribution in [0, 0.1) is 17.1 Å². The molecule has 7 rings (SSSR count). The third-order valence-electron chi connectivity index (χ3n) is 8.40. The number of pyridine rings is 1. The maximum Gasteiger partial charge on any atom is 0.192 e. The second kappa shape index (κ2) is 10.9.